The normalized spacial score (nSPS) is 12.5. The molecule has 0 fully saturated rings. The maximum atomic E-state index is 13.5. The van der Waals surface area contributed by atoms with Crippen molar-refractivity contribution >= 4 is 21.9 Å². The van der Waals surface area contributed by atoms with Crippen molar-refractivity contribution in [1.29, 1.82) is 0 Å². The summed E-state index contributed by atoms with van der Waals surface area (Å²) in [4.78, 5) is 4.63. The van der Waals surface area contributed by atoms with Crippen LogP contribution < -0.4 is 0 Å². The number of pyridine rings is 1. The Balaban J connectivity index is 1.78. The third kappa shape index (κ3) is 2.77. The molecule has 0 aliphatic rings. The van der Waals surface area contributed by atoms with Gasteiger partial charge in [0.2, 0.25) is 0 Å². The predicted octanol–water partition coefficient (Wildman–Crippen LogP) is 6.30. The zero-order valence-corrected chi connectivity index (χ0v) is 14.5. The van der Waals surface area contributed by atoms with E-state index in [-0.39, 0.29) is 11.7 Å². The summed E-state index contributed by atoms with van der Waals surface area (Å²) >= 11 is 0. The van der Waals surface area contributed by atoms with Gasteiger partial charge in [-0.05, 0) is 53.1 Å². The van der Waals surface area contributed by atoms with Crippen LogP contribution in [0.4, 0.5) is 4.39 Å². The molecule has 0 spiro atoms. The van der Waals surface area contributed by atoms with Crippen molar-refractivity contribution in [2.45, 2.75) is 5.92 Å². The molecule has 0 aliphatic carbocycles. The van der Waals surface area contributed by atoms with E-state index >= 15 is 0 Å². The first kappa shape index (κ1) is 15.8. The first-order chi connectivity index (χ1) is 13.3. The Labute approximate surface area is 155 Å². The minimum absolute atomic E-state index is 0.0523. The summed E-state index contributed by atoms with van der Waals surface area (Å²) in [5.41, 5.74) is 5.06. The molecule has 0 amide bonds. The molecular formula is C24H16FNO. The van der Waals surface area contributed by atoms with E-state index in [4.69, 9.17) is 4.42 Å². The lowest BCUT2D eigenvalue weighted by Gasteiger charge is -2.20. The number of nitrogens with zero attached hydrogens (tertiary/aromatic N) is 1. The Morgan fingerprint density at radius 2 is 1.59 bits per heavy atom. The minimum Gasteiger partial charge on any atom is -0.464 e. The summed E-state index contributed by atoms with van der Waals surface area (Å²) in [6.07, 6.45) is 3.51. The lowest BCUT2D eigenvalue weighted by atomic mass is 9.83. The van der Waals surface area contributed by atoms with E-state index in [9.17, 15) is 4.39 Å². The molecule has 5 rings (SSSR count). The van der Waals surface area contributed by atoms with Crippen LogP contribution in [0.3, 0.4) is 0 Å². The standard InChI is InChI=1S/C24H16FNO/c25-20-9-6-16(7-10-20)23(19-8-11-22-18(15-19)12-14-27-22)21-5-1-3-17-4-2-13-26-24(17)21/h1-15,23H/t23-/m1/s1. The Morgan fingerprint density at radius 3 is 2.48 bits per heavy atom. The van der Waals surface area contributed by atoms with E-state index in [2.05, 4.69) is 35.3 Å². The lowest BCUT2D eigenvalue weighted by molar-refractivity contribution is 0.616. The van der Waals surface area contributed by atoms with E-state index in [1.54, 1.807) is 6.26 Å². The summed E-state index contributed by atoms with van der Waals surface area (Å²) < 4.78 is 19.0. The summed E-state index contributed by atoms with van der Waals surface area (Å²) in [6, 6.07) is 25.1. The number of furan rings is 1. The minimum atomic E-state index is -0.237. The van der Waals surface area contributed by atoms with Gasteiger partial charge < -0.3 is 4.42 Å². The van der Waals surface area contributed by atoms with E-state index in [0.717, 1.165) is 38.6 Å². The summed E-state index contributed by atoms with van der Waals surface area (Å²) in [5.74, 6) is -0.290. The molecule has 5 aromatic rings. The summed E-state index contributed by atoms with van der Waals surface area (Å²) in [5, 5.41) is 2.14. The average Bonchev–Trinajstić information content (AvgIpc) is 3.18. The number of hydrogen-bond donors (Lipinski definition) is 0. The molecule has 0 saturated carbocycles. The number of halogens is 1. The van der Waals surface area contributed by atoms with Crippen LogP contribution in [-0.2, 0) is 0 Å². The third-order valence-corrected chi connectivity index (χ3v) is 4.99. The van der Waals surface area contributed by atoms with Crippen LogP contribution in [0.15, 0.2) is 95.7 Å². The molecule has 0 saturated heterocycles. The topological polar surface area (TPSA) is 26.0 Å². The van der Waals surface area contributed by atoms with Crippen LogP contribution in [0, 0.1) is 5.82 Å². The molecule has 0 unspecified atom stereocenters. The zero-order valence-electron chi connectivity index (χ0n) is 14.5. The quantitative estimate of drug-likeness (QED) is 0.356. The number of fused-ring (bicyclic) bond motifs is 2. The molecule has 27 heavy (non-hydrogen) atoms. The Kier molecular flexibility index (Phi) is 3.72. The van der Waals surface area contributed by atoms with Gasteiger partial charge in [-0.1, -0.05) is 42.5 Å². The molecule has 2 heterocycles. The SMILES string of the molecule is Fc1ccc([C@H](c2ccc3occc3c2)c2cccc3cccnc23)cc1. The molecule has 2 aromatic heterocycles. The first-order valence-electron chi connectivity index (χ1n) is 8.86. The Morgan fingerprint density at radius 1 is 0.778 bits per heavy atom. The van der Waals surface area contributed by atoms with Crippen molar-refractivity contribution in [3.8, 4) is 0 Å². The van der Waals surface area contributed by atoms with E-state index in [1.807, 2.05) is 42.6 Å². The van der Waals surface area contributed by atoms with Crippen LogP contribution >= 0.6 is 0 Å². The van der Waals surface area contributed by atoms with Crippen LogP contribution in [0.5, 0.6) is 0 Å². The largest absolute Gasteiger partial charge is 0.464 e. The second-order valence-corrected chi connectivity index (χ2v) is 6.62. The van der Waals surface area contributed by atoms with Crippen LogP contribution in [0.25, 0.3) is 21.9 Å². The van der Waals surface area contributed by atoms with Gasteiger partial charge in [0.15, 0.2) is 0 Å². The number of aromatic nitrogens is 1. The number of para-hydroxylation sites is 1. The highest BCUT2D eigenvalue weighted by atomic mass is 19.1. The molecule has 0 N–H and O–H groups in total. The van der Waals surface area contributed by atoms with Crippen molar-refractivity contribution in [1.82, 2.24) is 4.98 Å². The number of hydrogen-bond acceptors (Lipinski definition) is 2. The maximum Gasteiger partial charge on any atom is 0.133 e. The first-order valence-corrected chi connectivity index (χ1v) is 8.86. The lowest BCUT2D eigenvalue weighted by Crippen LogP contribution is -2.05. The predicted molar refractivity (Wildman–Crippen MR) is 105 cm³/mol. The van der Waals surface area contributed by atoms with Gasteiger partial charge in [0.1, 0.15) is 11.4 Å². The Bertz CT molecular complexity index is 1230. The fourth-order valence-corrected chi connectivity index (χ4v) is 3.73. The average molecular weight is 353 g/mol. The van der Waals surface area contributed by atoms with Crippen molar-refractivity contribution in [2.75, 3.05) is 0 Å². The highest BCUT2D eigenvalue weighted by molar-refractivity contribution is 5.84. The van der Waals surface area contributed by atoms with Gasteiger partial charge >= 0.3 is 0 Å². The van der Waals surface area contributed by atoms with Crippen molar-refractivity contribution in [3.63, 3.8) is 0 Å². The van der Waals surface area contributed by atoms with Crippen molar-refractivity contribution in [2.24, 2.45) is 0 Å². The fourth-order valence-electron chi connectivity index (χ4n) is 3.73. The van der Waals surface area contributed by atoms with Gasteiger partial charge in [-0.2, -0.15) is 0 Å². The molecule has 0 aliphatic heterocycles. The molecule has 2 nitrogen and oxygen atoms in total. The van der Waals surface area contributed by atoms with Crippen LogP contribution in [-0.4, -0.2) is 4.98 Å². The van der Waals surface area contributed by atoms with Crippen LogP contribution in [0.2, 0.25) is 0 Å². The van der Waals surface area contributed by atoms with Crippen LogP contribution in [0.1, 0.15) is 22.6 Å². The van der Waals surface area contributed by atoms with Gasteiger partial charge in [-0.15, -0.1) is 0 Å². The van der Waals surface area contributed by atoms with Gasteiger partial charge in [0.25, 0.3) is 0 Å². The molecule has 3 heteroatoms. The van der Waals surface area contributed by atoms with Crippen molar-refractivity contribution in [3.05, 3.63) is 114 Å². The molecule has 130 valence electrons. The smallest absolute Gasteiger partial charge is 0.133 e. The van der Waals surface area contributed by atoms with E-state index < -0.39 is 0 Å². The third-order valence-electron chi connectivity index (χ3n) is 4.99. The summed E-state index contributed by atoms with van der Waals surface area (Å²) in [6.45, 7) is 0. The van der Waals surface area contributed by atoms with E-state index in [0.29, 0.717) is 0 Å². The maximum absolute atomic E-state index is 13.5. The monoisotopic (exact) mass is 353 g/mol. The fraction of sp³-hybridized carbons (Fsp3) is 0.0417. The molecular weight excluding hydrogens is 337 g/mol. The zero-order chi connectivity index (χ0) is 18.2. The summed E-state index contributed by atoms with van der Waals surface area (Å²) in [7, 11) is 0. The number of benzene rings is 3. The second-order valence-electron chi connectivity index (χ2n) is 6.62. The molecule has 3 aromatic carbocycles. The Hall–Kier alpha value is -3.46. The molecule has 0 radical (unpaired) electrons. The van der Waals surface area contributed by atoms with Gasteiger partial charge in [0.05, 0.1) is 11.8 Å². The van der Waals surface area contributed by atoms with Gasteiger partial charge in [0, 0.05) is 22.9 Å². The van der Waals surface area contributed by atoms with Gasteiger partial charge in [-0.25, -0.2) is 4.39 Å². The van der Waals surface area contributed by atoms with E-state index in [1.165, 1.54) is 12.1 Å². The number of rotatable bonds is 3. The molecule has 0 bridgehead atoms. The second kappa shape index (κ2) is 6.36. The van der Waals surface area contributed by atoms with Gasteiger partial charge in [-0.3, -0.25) is 4.98 Å². The molecule has 1 atom stereocenters. The highest BCUT2D eigenvalue weighted by Crippen LogP contribution is 2.36. The highest BCUT2D eigenvalue weighted by Gasteiger charge is 2.20. The van der Waals surface area contributed by atoms with Crippen molar-refractivity contribution < 1.29 is 8.81 Å².